The number of nitrogens with zero attached hydrogens (tertiary/aromatic N) is 1. The SMILES string of the molecule is CC(=O)NCCC(=O)N1CCCNC(=O)C1. The number of rotatable bonds is 3. The molecule has 0 aromatic carbocycles. The Kier molecular flexibility index (Phi) is 4.75. The van der Waals surface area contributed by atoms with Gasteiger partial charge < -0.3 is 15.5 Å². The minimum atomic E-state index is -0.151. The zero-order valence-electron chi connectivity index (χ0n) is 9.41. The van der Waals surface area contributed by atoms with Crippen molar-refractivity contribution >= 4 is 17.7 Å². The van der Waals surface area contributed by atoms with Gasteiger partial charge in [0.2, 0.25) is 17.7 Å². The van der Waals surface area contributed by atoms with Gasteiger partial charge in [-0.25, -0.2) is 0 Å². The van der Waals surface area contributed by atoms with Crippen molar-refractivity contribution in [2.24, 2.45) is 0 Å². The van der Waals surface area contributed by atoms with Crippen LogP contribution in [0.5, 0.6) is 0 Å². The predicted octanol–water partition coefficient (Wildman–Crippen LogP) is -1.14. The molecule has 3 amide bonds. The van der Waals surface area contributed by atoms with E-state index in [1.165, 1.54) is 11.8 Å². The zero-order chi connectivity index (χ0) is 12.0. The third kappa shape index (κ3) is 4.29. The van der Waals surface area contributed by atoms with Crippen LogP contribution < -0.4 is 10.6 Å². The molecule has 1 rings (SSSR count). The number of nitrogens with one attached hydrogen (secondary N) is 2. The highest BCUT2D eigenvalue weighted by Gasteiger charge is 2.18. The van der Waals surface area contributed by atoms with E-state index in [1.54, 1.807) is 0 Å². The summed E-state index contributed by atoms with van der Waals surface area (Å²) in [4.78, 5) is 35.0. The summed E-state index contributed by atoms with van der Waals surface area (Å²) in [5, 5.41) is 5.26. The van der Waals surface area contributed by atoms with Crippen LogP contribution in [0.2, 0.25) is 0 Å². The Morgan fingerprint density at radius 1 is 1.50 bits per heavy atom. The summed E-state index contributed by atoms with van der Waals surface area (Å²) < 4.78 is 0. The lowest BCUT2D eigenvalue weighted by atomic mass is 10.3. The predicted molar refractivity (Wildman–Crippen MR) is 57.5 cm³/mol. The lowest BCUT2D eigenvalue weighted by molar-refractivity contribution is -0.135. The monoisotopic (exact) mass is 227 g/mol. The van der Waals surface area contributed by atoms with Gasteiger partial charge in [-0.15, -0.1) is 0 Å². The van der Waals surface area contributed by atoms with Crippen LogP contribution in [-0.2, 0) is 14.4 Å². The van der Waals surface area contributed by atoms with E-state index in [1.807, 2.05) is 0 Å². The number of carbonyl (C=O) groups is 3. The highest BCUT2D eigenvalue weighted by molar-refractivity contribution is 5.85. The Morgan fingerprint density at radius 3 is 2.94 bits per heavy atom. The van der Waals surface area contributed by atoms with Gasteiger partial charge in [0.15, 0.2) is 0 Å². The van der Waals surface area contributed by atoms with Crippen LogP contribution in [0.3, 0.4) is 0 Å². The maximum atomic E-state index is 11.7. The van der Waals surface area contributed by atoms with E-state index in [9.17, 15) is 14.4 Å². The van der Waals surface area contributed by atoms with Crippen LogP contribution in [0.15, 0.2) is 0 Å². The van der Waals surface area contributed by atoms with Gasteiger partial charge in [-0.2, -0.15) is 0 Å². The van der Waals surface area contributed by atoms with E-state index in [2.05, 4.69) is 10.6 Å². The molecule has 0 bridgehead atoms. The van der Waals surface area contributed by atoms with E-state index in [-0.39, 0.29) is 30.7 Å². The molecule has 1 aliphatic heterocycles. The van der Waals surface area contributed by atoms with E-state index < -0.39 is 0 Å². The van der Waals surface area contributed by atoms with Crippen LogP contribution in [0.25, 0.3) is 0 Å². The third-order valence-electron chi connectivity index (χ3n) is 2.33. The highest BCUT2D eigenvalue weighted by Crippen LogP contribution is 1.99. The van der Waals surface area contributed by atoms with Gasteiger partial charge >= 0.3 is 0 Å². The molecule has 90 valence electrons. The van der Waals surface area contributed by atoms with Gasteiger partial charge in [-0.3, -0.25) is 14.4 Å². The first-order chi connectivity index (χ1) is 7.59. The van der Waals surface area contributed by atoms with Crippen LogP contribution in [0.4, 0.5) is 0 Å². The summed E-state index contributed by atoms with van der Waals surface area (Å²) in [6.45, 7) is 3.07. The second-order valence-corrected chi connectivity index (χ2v) is 3.75. The lowest BCUT2D eigenvalue weighted by Gasteiger charge is -2.18. The summed E-state index contributed by atoms with van der Waals surface area (Å²) >= 11 is 0. The van der Waals surface area contributed by atoms with E-state index in [0.29, 0.717) is 19.6 Å². The standard InChI is InChI=1S/C10H17N3O3/c1-8(14)11-5-3-10(16)13-6-2-4-12-9(15)7-13/h2-7H2,1H3,(H,11,14)(H,12,15). The number of hydrogen-bond donors (Lipinski definition) is 2. The largest absolute Gasteiger partial charge is 0.356 e. The summed E-state index contributed by atoms with van der Waals surface area (Å²) in [6, 6.07) is 0. The van der Waals surface area contributed by atoms with Gasteiger partial charge in [-0.1, -0.05) is 0 Å². The van der Waals surface area contributed by atoms with E-state index in [0.717, 1.165) is 6.42 Å². The normalized spacial score (nSPS) is 16.3. The molecule has 1 saturated heterocycles. The fourth-order valence-electron chi connectivity index (χ4n) is 1.52. The van der Waals surface area contributed by atoms with Crippen LogP contribution in [-0.4, -0.2) is 48.8 Å². The second kappa shape index (κ2) is 6.09. The fraction of sp³-hybridized carbons (Fsp3) is 0.700. The van der Waals surface area contributed by atoms with Crippen LogP contribution in [0, 0.1) is 0 Å². The molecule has 1 fully saturated rings. The van der Waals surface area contributed by atoms with Gasteiger partial charge in [0.05, 0.1) is 6.54 Å². The average molecular weight is 227 g/mol. The van der Waals surface area contributed by atoms with Crippen molar-refractivity contribution in [3.05, 3.63) is 0 Å². The number of hydrogen-bond acceptors (Lipinski definition) is 3. The summed E-state index contributed by atoms with van der Waals surface area (Å²) in [5.41, 5.74) is 0. The van der Waals surface area contributed by atoms with Crippen molar-refractivity contribution < 1.29 is 14.4 Å². The maximum absolute atomic E-state index is 11.7. The minimum Gasteiger partial charge on any atom is -0.356 e. The van der Waals surface area contributed by atoms with Crippen molar-refractivity contribution in [3.8, 4) is 0 Å². The van der Waals surface area contributed by atoms with Gasteiger partial charge in [-0.05, 0) is 6.42 Å². The van der Waals surface area contributed by atoms with Crippen molar-refractivity contribution in [1.82, 2.24) is 15.5 Å². The number of amides is 3. The summed E-state index contributed by atoms with van der Waals surface area (Å²) in [6.07, 6.45) is 1.02. The quantitative estimate of drug-likeness (QED) is 0.640. The van der Waals surface area contributed by atoms with Crippen molar-refractivity contribution in [2.45, 2.75) is 19.8 Å². The topological polar surface area (TPSA) is 78.5 Å². The molecule has 0 aliphatic carbocycles. The molecule has 0 atom stereocenters. The van der Waals surface area contributed by atoms with Crippen LogP contribution >= 0.6 is 0 Å². The minimum absolute atomic E-state index is 0.0919. The summed E-state index contributed by atoms with van der Waals surface area (Å²) in [7, 11) is 0. The molecule has 6 nitrogen and oxygen atoms in total. The van der Waals surface area contributed by atoms with Gasteiger partial charge in [0.1, 0.15) is 0 Å². The van der Waals surface area contributed by atoms with Crippen LogP contribution in [0.1, 0.15) is 19.8 Å². The molecular formula is C10H17N3O3. The first kappa shape index (κ1) is 12.5. The molecule has 0 unspecified atom stereocenters. The lowest BCUT2D eigenvalue weighted by Crippen LogP contribution is -2.38. The molecular weight excluding hydrogens is 210 g/mol. The highest BCUT2D eigenvalue weighted by atomic mass is 16.2. The molecule has 16 heavy (non-hydrogen) atoms. The van der Waals surface area contributed by atoms with Gasteiger partial charge in [0.25, 0.3) is 0 Å². The first-order valence-corrected chi connectivity index (χ1v) is 5.38. The molecule has 0 radical (unpaired) electrons. The fourth-order valence-corrected chi connectivity index (χ4v) is 1.52. The Morgan fingerprint density at radius 2 is 2.25 bits per heavy atom. The smallest absolute Gasteiger partial charge is 0.239 e. The maximum Gasteiger partial charge on any atom is 0.239 e. The van der Waals surface area contributed by atoms with Crippen molar-refractivity contribution in [3.63, 3.8) is 0 Å². The third-order valence-corrected chi connectivity index (χ3v) is 2.33. The Balaban J connectivity index is 2.34. The molecule has 2 N–H and O–H groups in total. The average Bonchev–Trinajstić information content (AvgIpc) is 2.42. The van der Waals surface area contributed by atoms with E-state index in [4.69, 9.17) is 0 Å². The number of carbonyl (C=O) groups excluding carboxylic acids is 3. The summed E-state index contributed by atoms with van der Waals surface area (Å²) in [5.74, 6) is -0.363. The molecule has 1 heterocycles. The molecule has 0 aromatic rings. The molecule has 0 saturated carbocycles. The molecule has 1 aliphatic rings. The van der Waals surface area contributed by atoms with Gasteiger partial charge in [0, 0.05) is 33.0 Å². The first-order valence-electron chi connectivity index (χ1n) is 5.38. The Bertz CT molecular complexity index is 291. The molecule has 6 heteroatoms. The second-order valence-electron chi connectivity index (χ2n) is 3.75. The van der Waals surface area contributed by atoms with Crippen molar-refractivity contribution in [1.29, 1.82) is 0 Å². The Hall–Kier alpha value is -1.59. The van der Waals surface area contributed by atoms with E-state index >= 15 is 0 Å². The molecule has 0 spiro atoms. The van der Waals surface area contributed by atoms with Crippen molar-refractivity contribution in [2.75, 3.05) is 26.2 Å². The molecule has 0 aromatic heterocycles. The Labute approximate surface area is 94.4 Å². The zero-order valence-corrected chi connectivity index (χ0v) is 9.41.